The summed E-state index contributed by atoms with van der Waals surface area (Å²) in [5.74, 6) is 0.342. The normalized spacial score (nSPS) is 16.2. The molecule has 3 aromatic heterocycles. The zero-order valence-corrected chi connectivity index (χ0v) is 16.7. The summed E-state index contributed by atoms with van der Waals surface area (Å²) < 4.78 is 2.29. The third-order valence-electron chi connectivity index (χ3n) is 5.34. The van der Waals surface area contributed by atoms with Gasteiger partial charge in [0.1, 0.15) is 6.54 Å². The van der Waals surface area contributed by atoms with E-state index in [9.17, 15) is 9.59 Å². The second kappa shape index (κ2) is 6.77. The molecular formula is C20H18BrN5O2. The maximum atomic E-state index is 12.8. The van der Waals surface area contributed by atoms with Crippen LogP contribution in [0.3, 0.4) is 0 Å². The average Bonchev–Trinajstić information content (AvgIpc) is 3.52. The Morgan fingerprint density at radius 2 is 2.07 bits per heavy atom. The molecule has 142 valence electrons. The third-order valence-corrected chi connectivity index (χ3v) is 5.77. The first-order valence-corrected chi connectivity index (χ1v) is 10.1. The van der Waals surface area contributed by atoms with Crippen LogP contribution in [0, 0.1) is 0 Å². The summed E-state index contributed by atoms with van der Waals surface area (Å²) in [6, 6.07) is 5.59. The topological polar surface area (TPSA) is 81.0 Å². The van der Waals surface area contributed by atoms with Crippen molar-refractivity contribution in [2.45, 2.75) is 38.3 Å². The predicted molar refractivity (Wildman–Crippen MR) is 107 cm³/mol. The molecule has 1 aliphatic carbocycles. The summed E-state index contributed by atoms with van der Waals surface area (Å²) in [4.78, 5) is 40.2. The van der Waals surface area contributed by atoms with E-state index in [2.05, 4.69) is 30.9 Å². The quantitative estimate of drug-likeness (QED) is 0.625. The summed E-state index contributed by atoms with van der Waals surface area (Å²) >= 11 is 3.43. The minimum atomic E-state index is -0.161. The van der Waals surface area contributed by atoms with Crippen molar-refractivity contribution in [2.24, 2.45) is 0 Å². The van der Waals surface area contributed by atoms with Crippen molar-refractivity contribution < 1.29 is 4.79 Å². The van der Waals surface area contributed by atoms with Gasteiger partial charge in [-0.1, -0.05) is 0 Å². The highest BCUT2D eigenvalue weighted by atomic mass is 79.9. The lowest BCUT2D eigenvalue weighted by atomic mass is 10.0. The van der Waals surface area contributed by atoms with Crippen LogP contribution in [0.15, 0.2) is 40.0 Å². The van der Waals surface area contributed by atoms with Crippen LogP contribution in [0.25, 0.3) is 11.0 Å². The molecule has 1 saturated carbocycles. The summed E-state index contributed by atoms with van der Waals surface area (Å²) in [5, 5.41) is 0.943. The number of hydrogen-bond donors (Lipinski definition) is 0. The Kier molecular flexibility index (Phi) is 4.23. The van der Waals surface area contributed by atoms with Crippen molar-refractivity contribution in [3.05, 3.63) is 62.5 Å². The molecule has 0 N–H and O–H groups in total. The van der Waals surface area contributed by atoms with Crippen molar-refractivity contribution in [3.63, 3.8) is 0 Å². The maximum absolute atomic E-state index is 12.8. The second-order valence-electron chi connectivity index (χ2n) is 7.41. The molecule has 0 aromatic carbocycles. The molecule has 0 atom stereocenters. The first-order valence-electron chi connectivity index (χ1n) is 9.35. The van der Waals surface area contributed by atoms with Crippen molar-refractivity contribution in [1.29, 1.82) is 0 Å². The van der Waals surface area contributed by atoms with Crippen LogP contribution >= 0.6 is 15.9 Å². The van der Waals surface area contributed by atoms with Crippen LogP contribution in [0.1, 0.15) is 35.7 Å². The highest BCUT2D eigenvalue weighted by Gasteiger charge is 2.26. The van der Waals surface area contributed by atoms with Gasteiger partial charge in [-0.3, -0.25) is 14.2 Å². The van der Waals surface area contributed by atoms with Crippen LogP contribution in [-0.2, 0) is 24.3 Å². The smallest absolute Gasteiger partial charge is 0.254 e. The van der Waals surface area contributed by atoms with Gasteiger partial charge in [0.05, 0.1) is 12.0 Å². The van der Waals surface area contributed by atoms with Gasteiger partial charge in [-0.15, -0.1) is 0 Å². The van der Waals surface area contributed by atoms with E-state index in [0.29, 0.717) is 25.4 Å². The minimum absolute atomic E-state index is 0.0141. The molecule has 5 rings (SSSR count). The molecule has 0 spiro atoms. The average molecular weight is 440 g/mol. The Morgan fingerprint density at radius 3 is 2.86 bits per heavy atom. The number of amides is 1. The van der Waals surface area contributed by atoms with E-state index >= 15 is 0 Å². The van der Waals surface area contributed by atoms with Crippen LogP contribution in [0.5, 0.6) is 0 Å². The fraction of sp³-hybridized carbons (Fsp3) is 0.350. The van der Waals surface area contributed by atoms with Gasteiger partial charge >= 0.3 is 0 Å². The van der Waals surface area contributed by atoms with E-state index < -0.39 is 0 Å². The van der Waals surface area contributed by atoms with Gasteiger partial charge in [0.2, 0.25) is 5.91 Å². The highest BCUT2D eigenvalue weighted by Crippen LogP contribution is 2.38. The number of pyridine rings is 2. The largest absolute Gasteiger partial charge is 0.336 e. The summed E-state index contributed by atoms with van der Waals surface area (Å²) in [7, 11) is 0. The molecule has 28 heavy (non-hydrogen) atoms. The van der Waals surface area contributed by atoms with Crippen LogP contribution in [-0.4, -0.2) is 36.9 Å². The van der Waals surface area contributed by atoms with Gasteiger partial charge in [0.25, 0.3) is 5.56 Å². The molecule has 8 heteroatoms. The molecule has 0 saturated heterocycles. The second-order valence-corrected chi connectivity index (χ2v) is 8.33. The third kappa shape index (κ3) is 3.32. The highest BCUT2D eigenvalue weighted by molar-refractivity contribution is 9.10. The van der Waals surface area contributed by atoms with E-state index in [1.54, 1.807) is 17.2 Å². The van der Waals surface area contributed by atoms with Crippen LogP contribution in [0.2, 0.25) is 0 Å². The fourth-order valence-electron chi connectivity index (χ4n) is 3.62. The Labute approximate surface area is 169 Å². The molecule has 3 aromatic rings. The van der Waals surface area contributed by atoms with Crippen molar-refractivity contribution in [2.75, 3.05) is 6.54 Å². The van der Waals surface area contributed by atoms with E-state index in [0.717, 1.165) is 45.3 Å². The number of nitrogens with zero attached hydrogens (tertiary/aromatic N) is 5. The van der Waals surface area contributed by atoms with Gasteiger partial charge in [0.15, 0.2) is 5.65 Å². The molecular weight excluding hydrogens is 422 g/mol. The molecule has 0 unspecified atom stereocenters. The molecule has 4 heterocycles. The zero-order chi connectivity index (χ0) is 19.3. The standard InChI is InChI=1S/C20H18BrN5O2/c21-15-6-13-5-14-9-25(4-3-16(14)24-20(13)22-8-15)19(28)10-26-11-23-17(7-18(26)27)12-1-2-12/h5-8,11-12H,1-4,9-10H2. The van der Waals surface area contributed by atoms with Gasteiger partial charge in [-0.05, 0) is 46.5 Å². The number of hydrogen-bond acceptors (Lipinski definition) is 5. The first-order chi connectivity index (χ1) is 13.6. The van der Waals surface area contributed by atoms with E-state index in [4.69, 9.17) is 0 Å². The molecule has 1 fully saturated rings. The monoisotopic (exact) mass is 439 g/mol. The summed E-state index contributed by atoms with van der Waals surface area (Å²) in [6.45, 7) is 1.09. The molecule has 0 bridgehead atoms. The lowest BCUT2D eigenvalue weighted by Gasteiger charge is -2.28. The molecule has 1 amide bonds. The van der Waals surface area contributed by atoms with E-state index in [1.165, 1.54) is 10.9 Å². The van der Waals surface area contributed by atoms with Gasteiger partial charge < -0.3 is 4.90 Å². The Hall–Kier alpha value is -2.61. The van der Waals surface area contributed by atoms with Gasteiger partial charge in [-0.25, -0.2) is 15.0 Å². The lowest BCUT2D eigenvalue weighted by Crippen LogP contribution is -2.40. The van der Waals surface area contributed by atoms with E-state index in [-0.39, 0.29) is 18.0 Å². The maximum Gasteiger partial charge on any atom is 0.254 e. The van der Waals surface area contributed by atoms with Gasteiger partial charge in [0, 0.05) is 53.2 Å². The number of fused-ring (bicyclic) bond motifs is 2. The minimum Gasteiger partial charge on any atom is -0.336 e. The fourth-order valence-corrected chi connectivity index (χ4v) is 3.97. The molecule has 0 radical (unpaired) electrons. The predicted octanol–water partition coefficient (Wildman–Crippen LogP) is 2.41. The first kappa shape index (κ1) is 17.5. The molecule has 2 aliphatic rings. The SMILES string of the molecule is O=C(Cn1cnc(C2CC2)cc1=O)N1CCc2nc3ncc(Br)cc3cc2C1. The number of aromatic nitrogens is 4. The molecule has 1 aliphatic heterocycles. The lowest BCUT2D eigenvalue weighted by molar-refractivity contribution is -0.132. The number of halogens is 1. The summed E-state index contributed by atoms with van der Waals surface area (Å²) in [6.07, 6.45) is 6.11. The molecule has 7 nitrogen and oxygen atoms in total. The summed E-state index contributed by atoms with van der Waals surface area (Å²) in [5.41, 5.74) is 3.42. The Balaban J connectivity index is 1.35. The van der Waals surface area contributed by atoms with Crippen molar-refractivity contribution in [1.82, 2.24) is 24.4 Å². The van der Waals surface area contributed by atoms with Crippen LogP contribution in [0.4, 0.5) is 0 Å². The Morgan fingerprint density at radius 1 is 1.21 bits per heavy atom. The van der Waals surface area contributed by atoms with Crippen molar-refractivity contribution >= 4 is 32.9 Å². The van der Waals surface area contributed by atoms with E-state index in [1.807, 2.05) is 12.1 Å². The Bertz CT molecular complexity index is 1160. The van der Waals surface area contributed by atoms with Crippen molar-refractivity contribution in [3.8, 4) is 0 Å². The number of carbonyl (C=O) groups excluding carboxylic acids is 1. The van der Waals surface area contributed by atoms with Gasteiger partial charge in [-0.2, -0.15) is 0 Å². The number of rotatable bonds is 3. The van der Waals surface area contributed by atoms with Crippen LogP contribution < -0.4 is 5.56 Å². The number of carbonyl (C=O) groups is 1. The zero-order valence-electron chi connectivity index (χ0n) is 15.1.